The predicted octanol–water partition coefficient (Wildman–Crippen LogP) is 8.06. The van der Waals surface area contributed by atoms with Crippen LogP contribution in [0.2, 0.25) is 10.0 Å². The lowest BCUT2D eigenvalue weighted by atomic mass is 9.86. The van der Waals surface area contributed by atoms with Crippen molar-refractivity contribution in [2.24, 2.45) is 5.41 Å². The van der Waals surface area contributed by atoms with Crippen LogP contribution in [0.1, 0.15) is 65.7 Å². The van der Waals surface area contributed by atoms with Crippen molar-refractivity contribution in [2.45, 2.75) is 60.5 Å². The highest BCUT2D eigenvalue weighted by molar-refractivity contribution is 6.34. The Bertz CT molecular complexity index is 2760. The number of methoxy groups -OCH3 is 1. The molecule has 2 atom stereocenters. The zero-order valence-electron chi connectivity index (χ0n) is 34.1. The lowest BCUT2D eigenvalue weighted by molar-refractivity contribution is -0.135. The van der Waals surface area contributed by atoms with Crippen LogP contribution in [0, 0.1) is 33.1 Å². The number of aryl methyl sites for hydroxylation is 4. The van der Waals surface area contributed by atoms with E-state index in [9.17, 15) is 19.2 Å². The number of rotatable bonds is 10. The number of carbonyl (C=O) groups excluding carboxylic acids is 4. The van der Waals surface area contributed by atoms with Crippen molar-refractivity contribution in [1.29, 1.82) is 0 Å². The number of amides is 2. The van der Waals surface area contributed by atoms with E-state index < -0.39 is 35.1 Å². The number of halogens is 2. The van der Waals surface area contributed by atoms with E-state index in [1.165, 1.54) is 35.3 Å². The number of aromatic nitrogens is 8. The second-order valence-electron chi connectivity index (χ2n) is 15.0. The molecule has 60 heavy (non-hydrogen) atoms. The van der Waals surface area contributed by atoms with Crippen LogP contribution in [-0.4, -0.2) is 69.8 Å². The summed E-state index contributed by atoms with van der Waals surface area (Å²) in [7, 11) is 1.54. The van der Waals surface area contributed by atoms with E-state index in [4.69, 9.17) is 27.9 Å². The Kier molecular flexibility index (Phi) is 12.7. The molecule has 0 saturated carbocycles. The summed E-state index contributed by atoms with van der Waals surface area (Å²) >= 11 is 12.5. The molecule has 15 nitrogen and oxygen atoms in total. The summed E-state index contributed by atoms with van der Waals surface area (Å²) in [6.45, 7) is 12.7. The largest absolute Gasteiger partial charge is 0.497 e. The number of hydrogen-bond acceptors (Lipinski definition) is 11. The molecule has 4 heterocycles. The lowest BCUT2D eigenvalue weighted by Gasteiger charge is -2.25. The number of nitrogens with one attached hydrogen (secondary N) is 2. The van der Waals surface area contributed by atoms with Gasteiger partial charge in [-0.3, -0.25) is 23.7 Å². The fourth-order valence-electron chi connectivity index (χ4n) is 6.22. The van der Waals surface area contributed by atoms with Gasteiger partial charge < -0.3 is 15.4 Å². The van der Waals surface area contributed by atoms with Crippen LogP contribution in [0.3, 0.4) is 0 Å². The van der Waals surface area contributed by atoms with Crippen LogP contribution in [0.5, 0.6) is 5.75 Å². The Morgan fingerprint density at radius 3 is 1.98 bits per heavy atom. The normalized spacial score (nSPS) is 12.3. The summed E-state index contributed by atoms with van der Waals surface area (Å²) in [5.41, 5.74) is 5.05. The summed E-state index contributed by atoms with van der Waals surface area (Å²) in [6.07, 6.45) is 5.77. The van der Waals surface area contributed by atoms with Crippen molar-refractivity contribution in [3.8, 4) is 5.75 Å². The van der Waals surface area contributed by atoms with Gasteiger partial charge in [-0.1, -0.05) is 56.1 Å². The average Bonchev–Trinajstić information content (AvgIpc) is 3.84. The first-order valence-corrected chi connectivity index (χ1v) is 19.4. The van der Waals surface area contributed by atoms with E-state index in [1.54, 1.807) is 82.4 Å². The first-order chi connectivity index (χ1) is 28.5. The van der Waals surface area contributed by atoms with E-state index in [1.807, 2.05) is 32.9 Å². The van der Waals surface area contributed by atoms with Crippen molar-refractivity contribution < 1.29 is 23.9 Å². The van der Waals surface area contributed by atoms with Crippen molar-refractivity contribution in [2.75, 3.05) is 17.7 Å². The zero-order chi connectivity index (χ0) is 43.5. The van der Waals surface area contributed by atoms with Gasteiger partial charge in [-0.2, -0.15) is 5.10 Å². The Hall–Kier alpha value is -6.58. The van der Waals surface area contributed by atoms with Gasteiger partial charge >= 0.3 is 0 Å². The number of ketones is 2. The highest BCUT2D eigenvalue weighted by atomic mass is 35.5. The number of anilines is 2. The van der Waals surface area contributed by atoms with Crippen LogP contribution in [0.25, 0.3) is 22.2 Å². The van der Waals surface area contributed by atoms with E-state index in [-0.39, 0.29) is 5.78 Å². The number of carbonyl (C=O) groups is 4. The topological polar surface area (TPSA) is 189 Å². The molecule has 17 heteroatoms. The number of fused-ring (bicyclic) bond motifs is 2. The van der Waals surface area contributed by atoms with Crippen LogP contribution >= 0.6 is 23.2 Å². The zero-order valence-corrected chi connectivity index (χ0v) is 35.6. The Labute approximate surface area is 355 Å². The van der Waals surface area contributed by atoms with Crippen molar-refractivity contribution in [3.63, 3.8) is 0 Å². The van der Waals surface area contributed by atoms with Crippen molar-refractivity contribution in [3.05, 3.63) is 124 Å². The van der Waals surface area contributed by atoms with E-state index in [2.05, 4.69) is 40.7 Å². The highest BCUT2D eigenvalue weighted by Crippen LogP contribution is 2.31. The molecule has 3 aromatic carbocycles. The monoisotopic (exact) mass is 848 g/mol. The molecular formula is C43H42Cl2N10O5. The Morgan fingerprint density at radius 2 is 1.32 bits per heavy atom. The molecule has 0 aliphatic rings. The maximum atomic E-state index is 13.5. The quantitative estimate of drug-likeness (QED) is 0.100. The fraction of sp³-hybridized carbons (Fsp3) is 0.256. The maximum absolute atomic E-state index is 13.5. The van der Waals surface area contributed by atoms with Gasteiger partial charge in [0.1, 0.15) is 23.9 Å². The molecule has 2 N–H and O–H groups in total. The van der Waals surface area contributed by atoms with Gasteiger partial charge in [0.25, 0.3) is 11.8 Å². The Morgan fingerprint density at radius 1 is 0.700 bits per heavy atom. The molecule has 2 unspecified atom stereocenters. The van der Waals surface area contributed by atoms with Crippen LogP contribution < -0.4 is 15.4 Å². The molecule has 0 aliphatic heterocycles. The van der Waals surface area contributed by atoms with E-state index in [0.717, 1.165) is 11.1 Å². The lowest BCUT2D eigenvalue weighted by Crippen LogP contribution is -2.38. The maximum Gasteiger partial charge on any atom is 0.257 e. The van der Waals surface area contributed by atoms with Gasteiger partial charge in [0.2, 0.25) is 0 Å². The summed E-state index contributed by atoms with van der Waals surface area (Å²) in [5.74, 6) is -1.19. The summed E-state index contributed by atoms with van der Waals surface area (Å²) in [4.78, 5) is 74.4. The third-order valence-electron chi connectivity index (χ3n) is 9.52. The van der Waals surface area contributed by atoms with Gasteiger partial charge in [-0.05, 0) is 87.4 Å². The predicted molar refractivity (Wildman–Crippen MR) is 230 cm³/mol. The first-order valence-electron chi connectivity index (χ1n) is 18.6. The minimum Gasteiger partial charge on any atom is -0.497 e. The number of Topliss-reactive ketones (excluding diaryl/α,β-unsaturated/α-hetero) is 2. The number of nitrogens with zero attached hydrogens (tertiary/aromatic N) is 8. The molecule has 0 fully saturated rings. The highest BCUT2D eigenvalue weighted by Gasteiger charge is 2.38. The van der Waals surface area contributed by atoms with Gasteiger partial charge in [0.15, 0.2) is 34.9 Å². The first kappa shape index (κ1) is 43.0. The summed E-state index contributed by atoms with van der Waals surface area (Å²) < 4.78 is 7.97. The number of hydrogen-bond donors (Lipinski definition) is 2. The van der Waals surface area contributed by atoms with Gasteiger partial charge in [-0.15, -0.1) is 0 Å². The molecule has 4 aromatic heterocycles. The van der Waals surface area contributed by atoms with E-state index in [0.29, 0.717) is 66.3 Å². The molecule has 0 spiro atoms. The smallest absolute Gasteiger partial charge is 0.257 e. The third kappa shape index (κ3) is 9.17. The summed E-state index contributed by atoms with van der Waals surface area (Å²) in [6, 6.07) is 14.6. The Balaban J connectivity index is 0.000000203. The minimum atomic E-state index is -1.31. The standard InChI is InChI=1S/C23H20ClN5O3.C20H22ClN5O2/c1-13-4-9-18(24)19(10-13)28-23(31)20(21(30)15-5-7-16(32-3)8-6-15)29-22-17(11-27-29)14(2)25-12-26-22;1-11-6-7-14(13(21)8-11)25-19(28)16(17(27)20(3,4)5)26-10-24-15-12(2)22-9-23-18(15)26/h4-12,20H,1-3H3,(H,28,31);6-10,16H,1-5H3,(H,25,28). The molecule has 7 rings (SSSR count). The third-order valence-corrected chi connectivity index (χ3v) is 10.2. The molecular weight excluding hydrogens is 807 g/mol. The fourth-order valence-corrected chi connectivity index (χ4v) is 6.67. The number of imidazole rings is 1. The second-order valence-corrected chi connectivity index (χ2v) is 15.8. The van der Waals surface area contributed by atoms with Crippen LogP contribution in [0.4, 0.5) is 11.4 Å². The summed E-state index contributed by atoms with van der Waals surface area (Å²) in [5, 5.41) is 11.3. The SMILES string of the molecule is COc1ccc(C(=O)C(C(=O)Nc2cc(C)ccc2Cl)n2ncc3c(C)ncnc32)cc1.Cc1ccc(NC(=O)C(C(=O)C(C)(C)C)n2cnc3c(C)ncnc32)c(Cl)c1. The molecule has 0 saturated heterocycles. The minimum absolute atomic E-state index is 0.260. The van der Waals surface area contributed by atoms with Crippen molar-refractivity contribution in [1.82, 2.24) is 39.3 Å². The second kappa shape index (κ2) is 17.7. The molecule has 0 bridgehead atoms. The van der Waals surface area contributed by atoms with Gasteiger partial charge in [0.05, 0.1) is 57.8 Å². The van der Waals surface area contributed by atoms with Crippen molar-refractivity contribution >= 4 is 80.2 Å². The van der Waals surface area contributed by atoms with Gasteiger partial charge in [-0.25, -0.2) is 29.6 Å². The average molecular weight is 850 g/mol. The molecule has 308 valence electrons. The molecule has 0 aliphatic carbocycles. The van der Waals surface area contributed by atoms with Crippen LogP contribution in [0.15, 0.2) is 85.8 Å². The van der Waals surface area contributed by atoms with Gasteiger partial charge in [0, 0.05) is 11.0 Å². The molecule has 0 radical (unpaired) electrons. The molecule has 7 aromatic rings. The van der Waals surface area contributed by atoms with E-state index >= 15 is 0 Å². The van der Waals surface area contributed by atoms with Crippen LogP contribution in [-0.2, 0) is 14.4 Å². The molecule has 2 amide bonds. The number of benzene rings is 3. The number of ether oxygens (including phenoxy) is 1.